The largest absolute Gasteiger partial charge is 0.379 e. The molecule has 0 aromatic carbocycles. The topological polar surface area (TPSA) is 68.3 Å². The molecule has 3 heterocycles. The zero-order valence-corrected chi connectivity index (χ0v) is 19.8. The summed E-state index contributed by atoms with van der Waals surface area (Å²) in [4.78, 5) is 16.5. The van der Waals surface area contributed by atoms with Gasteiger partial charge >= 0.3 is 0 Å². The van der Waals surface area contributed by atoms with Crippen molar-refractivity contribution in [1.82, 2.24) is 25.4 Å². The highest BCUT2D eigenvalue weighted by Gasteiger charge is 2.22. The quantitative estimate of drug-likeness (QED) is 0.474. The van der Waals surface area contributed by atoms with E-state index < -0.39 is 0 Å². The summed E-state index contributed by atoms with van der Waals surface area (Å²) in [6, 6.07) is 4.67. The van der Waals surface area contributed by atoms with Crippen molar-refractivity contribution in [3.05, 3.63) is 23.9 Å². The molecule has 1 atom stereocenters. The van der Waals surface area contributed by atoms with Crippen molar-refractivity contribution in [3.8, 4) is 0 Å². The number of likely N-dealkylation sites (N-methyl/N-ethyl adjacent to an activating group) is 1. The van der Waals surface area contributed by atoms with Crippen LogP contribution < -0.4 is 15.5 Å². The smallest absolute Gasteiger partial charge is 0.191 e. The summed E-state index contributed by atoms with van der Waals surface area (Å²) < 4.78 is 5.55. The van der Waals surface area contributed by atoms with Crippen LogP contribution in [0.25, 0.3) is 0 Å². The van der Waals surface area contributed by atoms with Crippen molar-refractivity contribution in [2.45, 2.75) is 32.9 Å². The van der Waals surface area contributed by atoms with Crippen molar-refractivity contribution in [3.63, 3.8) is 0 Å². The molecule has 2 N–H and O–H groups in total. The first-order valence-electron chi connectivity index (χ1n) is 11.7. The van der Waals surface area contributed by atoms with Crippen molar-refractivity contribution < 1.29 is 4.74 Å². The predicted octanol–water partition coefficient (Wildman–Crippen LogP) is 1.25. The second kappa shape index (κ2) is 12.2. The molecule has 1 unspecified atom stereocenters. The van der Waals surface area contributed by atoms with Crippen LogP contribution in [0, 0.1) is 5.92 Å². The van der Waals surface area contributed by atoms with Gasteiger partial charge in [-0.15, -0.1) is 0 Å². The molecule has 174 valence electrons. The minimum absolute atomic E-state index is 0.488. The zero-order chi connectivity index (χ0) is 22.1. The van der Waals surface area contributed by atoms with Crippen LogP contribution in [0.5, 0.6) is 0 Å². The molecule has 8 heteroatoms. The fraction of sp³-hybridized carbons (Fsp3) is 0.739. The van der Waals surface area contributed by atoms with Crippen LogP contribution in [0.15, 0.2) is 23.3 Å². The van der Waals surface area contributed by atoms with Gasteiger partial charge in [0.1, 0.15) is 5.82 Å². The Morgan fingerprint density at radius 1 is 1.13 bits per heavy atom. The van der Waals surface area contributed by atoms with E-state index in [0.29, 0.717) is 18.5 Å². The average molecular weight is 432 g/mol. The lowest BCUT2D eigenvalue weighted by atomic mass is 10.0. The molecule has 0 bridgehead atoms. The standard InChI is InChI=1S/C23H41N7O/c1-19(2)16-21(29-12-14-31-15-13-29)18-27-23(24-3)26-17-20-6-5-7-25-22(20)30-10-8-28(4)9-11-30/h5-7,19,21H,8-18H2,1-4H3,(H2,24,26,27). The Morgan fingerprint density at radius 2 is 1.87 bits per heavy atom. The van der Waals surface area contributed by atoms with E-state index in [-0.39, 0.29) is 0 Å². The molecular weight excluding hydrogens is 390 g/mol. The fourth-order valence-corrected chi connectivity index (χ4v) is 4.33. The summed E-state index contributed by atoms with van der Waals surface area (Å²) in [5.74, 6) is 2.59. The van der Waals surface area contributed by atoms with Gasteiger partial charge in [-0.1, -0.05) is 19.9 Å². The first kappa shape index (κ1) is 23.8. The maximum Gasteiger partial charge on any atom is 0.191 e. The zero-order valence-electron chi connectivity index (χ0n) is 19.8. The van der Waals surface area contributed by atoms with Crippen LogP contribution in [0.1, 0.15) is 25.8 Å². The number of rotatable bonds is 8. The van der Waals surface area contributed by atoms with Crippen LogP contribution in [-0.4, -0.2) is 99.9 Å². The number of aromatic nitrogens is 1. The number of pyridine rings is 1. The number of hydrogen-bond acceptors (Lipinski definition) is 6. The first-order chi connectivity index (χ1) is 15.1. The molecule has 2 saturated heterocycles. The lowest BCUT2D eigenvalue weighted by Crippen LogP contribution is -2.51. The third kappa shape index (κ3) is 7.33. The summed E-state index contributed by atoms with van der Waals surface area (Å²) in [5, 5.41) is 7.07. The molecule has 1 aromatic heterocycles. The van der Waals surface area contributed by atoms with Crippen molar-refractivity contribution in [2.24, 2.45) is 10.9 Å². The normalized spacial score (nSPS) is 20.2. The number of guanidine groups is 1. The Labute approximate surface area is 188 Å². The highest BCUT2D eigenvalue weighted by Crippen LogP contribution is 2.18. The second-order valence-corrected chi connectivity index (χ2v) is 9.01. The Balaban J connectivity index is 1.55. The highest BCUT2D eigenvalue weighted by atomic mass is 16.5. The Bertz CT molecular complexity index is 682. The van der Waals surface area contributed by atoms with E-state index in [0.717, 1.165) is 70.8 Å². The highest BCUT2D eigenvalue weighted by molar-refractivity contribution is 5.79. The number of anilines is 1. The maximum atomic E-state index is 5.55. The van der Waals surface area contributed by atoms with E-state index in [9.17, 15) is 0 Å². The number of nitrogens with one attached hydrogen (secondary N) is 2. The van der Waals surface area contributed by atoms with Crippen LogP contribution >= 0.6 is 0 Å². The summed E-state index contributed by atoms with van der Waals surface area (Å²) in [7, 11) is 4.02. The lowest BCUT2D eigenvalue weighted by molar-refractivity contribution is 0.0132. The molecule has 0 aliphatic carbocycles. The summed E-state index contributed by atoms with van der Waals surface area (Å²) in [6.07, 6.45) is 3.06. The molecule has 0 saturated carbocycles. The van der Waals surface area contributed by atoms with E-state index in [1.54, 1.807) is 0 Å². The van der Waals surface area contributed by atoms with E-state index >= 15 is 0 Å². The van der Waals surface area contributed by atoms with E-state index in [4.69, 9.17) is 4.74 Å². The van der Waals surface area contributed by atoms with Gasteiger partial charge in [-0.05, 0) is 25.5 Å². The molecule has 2 fully saturated rings. The van der Waals surface area contributed by atoms with Gasteiger partial charge in [0.2, 0.25) is 0 Å². The fourth-order valence-electron chi connectivity index (χ4n) is 4.33. The van der Waals surface area contributed by atoms with Crippen LogP contribution in [0.3, 0.4) is 0 Å². The SMILES string of the molecule is CN=C(NCc1cccnc1N1CCN(C)CC1)NCC(CC(C)C)N1CCOCC1. The molecule has 0 radical (unpaired) electrons. The number of aliphatic imine (C=N–C) groups is 1. The van der Waals surface area contributed by atoms with Crippen LogP contribution in [0.4, 0.5) is 5.82 Å². The molecular formula is C23H41N7O. The van der Waals surface area contributed by atoms with Crippen LogP contribution in [0.2, 0.25) is 0 Å². The molecule has 8 nitrogen and oxygen atoms in total. The van der Waals surface area contributed by atoms with Gasteiger partial charge in [0, 0.05) is 77.2 Å². The Kier molecular flexibility index (Phi) is 9.36. The first-order valence-corrected chi connectivity index (χ1v) is 11.7. The van der Waals surface area contributed by atoms with Crippen molar-refractivity contribution in [1.29, 1.82) is 0 Å². The molecule has 0 amide bonds. The summed E-state index contributed by atoms with van der Waals surface area (Å²) in [5.41, 5.74) is 1.21. The van der Waals surface area contributed by atoms with Gasteiger partial charge in [0.25, 0.3) is 0 Å². The monoisotopic (exact) mass is 431 g/mol. The molecule has 0 spiro atoms. The lowest BCUT2D eigenvalue weighted by Gasteiger charge is -2.36. The minimum Gasteiger partial charge on any atom is -0.379 e. The van der Waals surface area contributed by atoms with Gasteiger partial charge < -0.3 is 25.2 Å². The molecule has 31 heavy (non-hydrogen) atoms. The molecule has 2 aliphatic heterocycles. The predicted molar refractivity (Wildman–Crippen MR) is 128 cm³/mol. The molecule has 3 rings (SSSR count). The summed E-state index contributed by atoms with van der Waals surface area (Å²) in [6.45, 7) is 14.0. The third-order valence-electron chi connectivity index (χ3n) is 6.15. The van der Waals surface area contributed by atoms with E-state index in [1.807, 2.05) is 19.3 Å². The third-order valence-corrected chi connectivity index (χ3v) is 6.15. The Morgan fingerprint density at radius 3 is 2.55 bits per heavy atom. The van der Waals surface area contributed by atoms with Crippen molar-refractivity contribution in [2.75, 3.05) is 78.0 Å². The van der Waals surface area contributed by atoms with E-state index in [1.165, 1.54) is 12.0 Å². The van der Waals surface area contributed by atoms with Gasteiger partial charge in [-0.2, -0.15) is 0 Å². The van der Waals surface area contributed by atoms with Gasteiger partial charge in [-0.25, -0.2) is 4.98 Å². The Hall–Kier alpha value is -1.90. The second-order valence-electron chi connectivity index (χ2n) is 9.01. The van der Waals surface area contributed by atoms with E-state index in [2.05, 4.69) is 62.3 Å². The number of nitrogens with zero attached hydrogens (tertiary/aromatic N) is 5. The number of piperazine rings is 1. The van der Waals surface area contributed by atoms with Gasteiger partial charge in [0.05, 0.1) is 13.2 Å². The number of hydrogen-bond donors (Lipinski definition) is 2. The summed E-state index contributed by atoms with van der Waals surface area (Å²) >= 11 is 0. The van der Waals surface area contributed by atoms with Gasteiger partial charge in [-0.3, -0.25) is 9.89 Å². The number of ether oxygens (including phenoxy) is 1. The minimum atomic E-state index is 0.488. The molecule has 1 aromatic rings. The van der Waals surface area contributed by atoms with Crippen LogP contribution in [-0.2, 0) is 11.3 Å². The maximum absolute atomic E-state index is 5.55. The molecule has 2 aliphatic rings. The van der Waals surface area contributed by atoms with Gasteiger partial charge in [0.15, 0.2) is 5.96 Å². The van der Waals surface area contributed by atoms with Crippen molar-refractivity contribution >= 4 is 11.8 Å². The average Bonchev–Trinajstić information content (AvgIpc) is 2.79. The number of morpholine rings is 1.